The highest BCUT2D eigenvalue weighted by molar-refractivity contribution is 5.96. The molecule has 2 aromatic rings. The van der Waals surface area contributed by atoms with Gasteiger partial charge >= 0.3 is 0 Å². The molecule has 0 bridgehead atoms. The van der Waals surface area contributed by atoms with E-state index < -0.39 is 0 Å². The van der Waals surface area contributed by atoms with Gasteiger partial charge in [-0.1, -0.05) is 49.4 Å². The lowest BCUT2D eigenvalue weighted by molar-refractivity contribution is 0.0988. The number of hydrogen-bond acceptors (Lipinski definition) is 2. The molecule has 0 atom stereocenters. The average Bonchev–Trinajstić information content (AvgIpc) is 2.46. The van der Waals surface area contributed by atoms with E-state index in [0.29, 0.717) is 13.0 Å². The van der Waals surface area contributed by atoms with Crippen molar-refractivity contribution in [3.05, 3.63) is 59.7 Å². The second-order valence-electron chi connectivity index (χ2n) is 4.26. The highest BCUT2D eigenvalue weighted by atomic mass is 16.1. The van der Waals surface area contributed by atoms with Crippen molar-refractivity contribution in [3.63, 3.8) is 0 Å². The van der Waals surface area contributed by atoms with Crippen LogP contribution < -0.4 is 5.73 Å². The van der Waals surface area contributed by atoms with Crippen molar-refractivity contribution in [2.24, 2.45) is 5.73 Å². The van der Waals surface area contributed by atoms with Crippen LogP contribution in [0.3, 0.4) is 0 Å². The number of carbonyl (C=O) groups excluding carboxylic acids is 1. The maximum Gasteiger partial charge on any atom is 0.162 e. The summed E-state index contributed by atoms with van der Waals surface area (Å²) in [5.41, 5.74) is 9.64. The van der Waals surface area contributed by atoms with E-state index in [2.05, 4.69) is 0 Å². The molecule has 0 heterocycles. The molecule has 0 spiro atoms. The van der Waals surface area contributed by atoms with E-state index in [9.17, 15) is 4.79 Å². The number of hydrogen-bond donors (Lipinski definition) is 1. The summed E-state index contributed by atoms with van der Waals surface area (Å²) >= 11 is 0. The van der Waals surface area contributed by atoms with Crippen molar-refractivity contribution < 1.29 is 4.79 Å². The number of Topliss-reactive ketones (excluding diaryl/α,β-unsaturated/α-hetero) is 1. The first-order valence-electron chi connectivity index (χ1n) is 6.17. The number of rotatable bonds is 4. The molecule has 0 radical (unpaired) electrons. The van der Waals surface area contributed by atoms with Gasteiger partial charge in [-0.2, -0.15) is 0 Å². The van der Waals surface area contributed by atoms with Crippen LogP contribution in [-0.4, -0.2) is 5.78 Å². The Morgan fingerprint density at radius 3 is 2.39 bits per heavy atom. The Kier molecular flexibility index (Phi) is 3.90. The van der Waals surface area contributed by atoms with Gasteiger partial charge in [-0.05, 0) is 22.8 Å². The zero-order chi connectivity index (χ0) is 13.0. The molecule has 2 aromatic carbocycles. The average molecular weight is 239 g/mol. The molecule has 0 saturated heterocycles. The fraction of sp³-hybridized carbons (Fsp3) is 0.188. The summed E-state index contributed by atoms with van der Waals surface area (Å²) in [7, 11) is 0. The van der Waals surface area contributed by atoms with Gasteiger partial charge in [-0.3, -0.25) is 4.79 Å². The molecule has 0 aromatic heterocycles. The van der Waals surface area contributed by atoms with Crippen LogP contribution in [0.1, 0.15) is 29.3 Å². The van der Waals surface area contributed by atoms with Crippen LogP contribution in [0, 0.1) is 0 Å². The minimum atomic E-state index is 0.176. The molecule has 18 heavy (non-hydrogen) atoms. The second kappa shape index (κ2) is 5.61. The van der Waals surface area contributed by atoms with Gasteiger partial charge < -0.3 is 5.73 Å². The molecule has 2 rings (SSSR count). The highest BCUT2D eigenvalue weighted by Crippen LogP contribution is 2.21. The molecule has 2 nitrogen and oxygen atoms in total. The first kappa shape index (κ1) is 12.5. The number of ketones is 1. The Hall–Kier alpha value is -1.93. The predicted molar refractivity (Wildman–Crippen MR) is 74.4 cm³/mol. The lowest BCUT2D eigenvalue weighted by atomic mass is 10.00. The zero-order valence-corrected chi connectivity index (χ0v) is 10.5. The van der Waals surface area contributed by atoms with Gasteiger partial charge in [0.25, 0.3) is 0 Å². The Labute approximate surface area is 107 Å². The quantitative estimate of drug-likeness (QED) is 0.831. The zero-order valence-electron chi connectivity index (χ0n) is 10.5. The Bertz CT molecular complexity index is 543. The number of carbonyl (C=O) groups is 1. The van der Waals surface area contributed by atoms with Crippen molar-refractivity contribution in [2.45, 2.75) is 19.9 Å². The van der Waals surface area contributed by atoms with Gasteiger partial charge in [0.15, 0.2) is 5.78 Å². The lowest BCUT2D eigenvalue weighted by Crippen LogP contribution is -1.97. The fourth-order valence-electron chi connectivity index (χ4n) is 1.91. The second-order valence-corrected chi connectivity index (χ2v) is 4.26. The van der Waals surface area contributed by atoms with Crippen LogP contribution >= 0.6 is 0 Å². The van der Waals surface area contributed by atoms with E-state index in [1.54, 1.807) is 0 Å². The normalized spacial score (nSPS) is 10.3. The Balaban J connectivity index is 2.35. The van der Waals surface area contributed by atoms with Gasteiger partial charge in [0, 0.05) is 18.5 Å². The Morgan fingerprint density at radius 2 is 1.78 bits per heavy atom. The fourth-order valence-corrected chi connectivity index (χ4v) is 1.91. The standard InChI is InChI=1S/C16H17NO/c1-2-16(18)15-5-3-4-14(10-15)13-8-6-12(11-17)7-9-13/h3-10H,2,11,17H2,1H3. The van der Waals surface area contributed by atoms with E-state index in [1.807, 2.05) is 55.5 Å². The molecule has 0 fully saturated rings. The summed E-state index contributed by atoms with van der Waals surface area (Å²) in [4.78, 5) is 11.7. The van der Waals surface area contributed by atoms with Gasteiger partial charge in [-0.15, -0.1) is 0 Å². The third-order valence-corrected chi connectivity index (χ3v) is 3.03. The minimum Gasteiger partial charge on any atom is -0.326 e. The van der Waals surface area contributed by atoms with Crippen LogP contribution in [0.4, 0.5) is 0 Å². The summed E-state index contributed by atoms with van der Waals surface area (Å²) in [5, 5.41) is 0. The third-order valence-electron chi connectivity index (χ3n) is 3.03. The van der Waals surface area contributed by atoms with E-state index in [-0.39, 0.29) is 5.78 Å². The molecule has 0 unspecified atom stereocenters. The lowest BCUT2D eigenvalue weighted by Gasteiger charge is -2.05. The monoisotopic (exact) mass is 239 g/mol. The van der Waals surface area contributed by atoms with Crippen LogP contribution in [0.2, 0.25) is 0 Å². The summed E-state index contributed by atoms with van der Waals surface area (Å²) < 4.78 is 0. The van der Waals surface area contributed by atoms with E-state index in [1.165, 1.54) is 0 Å². The summed E-state index contributed by atoms with van der Waals surface area (Å²) in [6.07, 6.45) is 0.537. The van der Waals surface area contributed by atoms with Crippen LogP contribution in [0.15, 0.2) is 48.5 Å². The Morgan fingerprint density at radius 1 is 1.06 bits per heavy atom. The summed E-state index contributed by atoms with van der Waals surface area (Å²) in [6.45, 7) is 2.43. The van der Waals surface area contributed by atoms with Gasteiger partial charge in [0.1, 0.15) is 0 Å². The molecule has 0 aliphatic carbocycles. The van der Waals surface area contributed by atoms with Crippen molar-refractivity contribution >= 4 is 5.78 Å². The topological polar surface area (TPSA) is 43.1 Å². The third kappa shape index (κ3) is 2.66. The van der Waals surface area contributed by atoms with Crippen molar-refractivity contribution in [2.75, 3.05) is 0 Å². The first-order valence-corrected chi connectivity index (χ1v) is 6.17. The molecule has 2 heteroatoms. The maximum atomic E-state index is 11.7. The largest absolute Gasteiger partial charge is 0.326 e. The van der Waals surface area contributed by atoms with Crippen LogP contribution in [0.25, 0.3) is 11.1 Å². The molecular formula is C16H17NO. The van der Waals surface area contributed by atoms with E-state index >= 15 is 0 Å². The van der Waals surface area contributed by atoms with Crippen molar-refractivity contribution in [3.8, 4) is 11.1 Å². The van der Waals surface area contributed by atoms with Crippen LogP contribution in [-0.2, 0) is 6.54 Å². The maximum absolute atomic E-state index is 11.7. The highest BCUT2D eigenvalue weighted by Gasteiger charge is 2.04. The number of benzene rings is 2. The van der Waals surface area contributed by atoms with Gasteiger partial charge in [-0.25, -0.2) is 0 Å². The molecule has 0 aliphatic heterocycles. The molecular weight excluding hydrogens is 222 g/mol. The van der Waals surface area contributed by atoms with Crippen LogP contribution in [0.5, 0.6) is 0 Å². The molecule has 0 amide bonds. The molecule has 2 N–H and O–H groups in total. The summed E-state index contributed by atoms with van der Waals surface area (Å²) in [6, 6.07) is 15.9. The van der Waals surface area contributed by atoms with E-state index in [0.717, 1.165) is 22.3 Å². The SMILES string of the molecule is CCC(=O)c1cccc(-c2ccc(CN)cc2)c1. The van der Waals surface area contributed by atoms with Gasteiger partial charge in [0.05, 0.1) is 0 Å². The molecule has 92 valence electrons. The molecule has 0 saturated carbocycles. The van der Waals surface area contributed by atoms with Crippen molar-refractivity contribution in [1.82, 2.24) is 0 Å². The first-order chi connectivity index (χ1) is 8.74. The summed E-state index contributed by atoms with van der Waals surface area (Å²) in [5.74, 6) is 0.176. The van der Waals surface area contributed by atoms with Crippen molar-refractivity contribution in [1.29, 1.82) is 0 Å². The number of nitrogens with two attached hydrogens (primary N) is 1. The van der Waals surface area contributed by atoms with Gasteiger partial charge in [0.2, 0.25) is 0 Å². The van der Waals surface area contributed by atoms with E-state index in [4.69, 9.17) is 5.73 Å². The predicted octanol–water partition coefficient (Wildman–Crippen LogP) is 3.41. The smallest absolute Gasteiger partial charge is 0.162 e. The molecule has 0 aliphatic rings. The minimum absolute atomic E-state index is 0.176.